The molecule has 3 aromatic rings. The van der Waals surface area contributed by atoms with Gasteiger partial charge in [0.05, 0.1) is 35.9 Å². The minimum absolute atomic E-state index is 0.194. The summed E-state index contributed by atoms with van der Waals surface area (Å²) in [5.74, 6) is 0.110. The average Bonchev–Trinajstić information content (AvgIpc) is 2.97. The van der Waals surface area contributed by atoms with Crippen molar-refractivity contribution in [3.63, 3.8) is 0 Å². The molecule has 0 saturated heterocycles. The molecule has 0 bridgehead atoms. The number of ether oxygens (including phenoxy) is 2. The molecular formula is C20H20N2O4S. The predicted molar refractivity (Wildman–Crippen MR) is 104 cm³/mol. The van der Waals surface area contributed by atoms with Gasteiger partial charge in [-0.15, -0.1) is 0 Å². The molecular weight excluding hydrogens is 364 g/mol. The molecule has 7 heteroatoms. The number of aromatic nitrogens is 1. The van der Waals surface area contributed by atoms with Crippen molar-refractivity contribution in [2.24, 2.45) is 12.0 Å². The van der Waals surface area contributed by atoms with Crippen LogP contribution in [0.5, 0.6) is 5.75 Å². The van der Waals surface area contributed by atoms with E-state index < -0.39 is 0 Å². The second-order valence-electron chi connectivity index (χ2n) is 5.88. The molecule has 0 aliphatic heterocycles. The monoisotopic (exact) mass is 384 g/mol. The first-order valence-electron chi connectivity index (χ1n) is 8.49. The lowest BCUT2D eigenvalue weighted by Crippen LogP contribution is -2.14. The van der Waals surface area contributed by atoms with E-state index in [0.717, 1.165) is 15.8 Å². The number of carbonyl (C=O) groups excluding carboxylic acids is 2. The Balaban J connectivity index is 1.89. The summed E-state index contributed by atoms with van der Waals surface area (Å²) >= 11 is 1.36. The molecule has 0 spiro atoms. The van der Waals surface area contributed by atoms with Crippen molar-refractivity contribution in [2.45, 2.75) is 13.3 Å². The Kier molecular flexibility index (Phi) is 5.71. The fourth-order valence-corrected chi connectivity index (χ4v) is 3.76. The summed E-state index contributed by atoms with van der Waals surface area (Å²) in [5, 5.41) is 0. The van der Waals surface area contributed by atoms with Gasteiger partial charge in [-0.25, -0.2) is 4.79 Å². The molecule has 0 atom stereocenters. The maximum atomic E-state index is 12.4. The van der Waals surface area contributed by atoms with Crippen LogP contribution in [0.2, 0.25) is 0 Å². The van der Waals surface area contributed by atoms with Crippen LogP contribution in [0.4, 0.5) is 0 Å². The van der Waals surface area contributed by atoms with Crippen LogP contribution in [0.3, 0.4) is 0 Å². The van der Waals surface area contributed by atoms with Crippen molar-refractivity contribution in [2.75, 3.05) is 13.7 Å². The highest BCUT2D eigenvalue weighted by Gasteiger charge is 2.11. The van der Waals surface area contributed by atoms with Crippen LogP contribution >= 0.6 is 11.3 Å². The number of hydrogen-bond donors (Lipinski definition) is 0. The zero-order chi connectivity index (χ0) is 19.4. The smallest absolute Gasteiger partial charge is 0.338 e. The van der Waals surface area contributed by atoms with Gasteiger partial charge >= 0.3 is 5.97 Å². The van der Waals surface area contributed by atoms with Crippen LogP contribution in [0, 0.1) is 0 Å². The zero-order valence-corrected chi connectivity index (χ0v) is 16.2. The molecule has 0 unspecified atom stereocenters. The molecule has 6 nitrogen and oxygen atoms in total. The van der Waals surface area contributed by atoms with Crippen molar-refractivity contribution < 1.29 is 19.1 Å². The van der Waals surface area contributed by atoms with Gasteiger partial charge in [-0.3, -0.25) is 4.79 Å². The van der Waals surface area contributed by atoms with Crippen LogP contribution in [0.1, 0.15) is 22.8 Å². The number of amides is 1. The molecule has 27 heavy (non-hydrogen) atoms. The summed E-state index contributed by atoms with van der Waals surface area (Å²) < 4.78 is 12.9. The normalized spacial score (nSPS) is 11.6. The van der Waals surface area contributed by atoms with E-state index in [9.17, 15) is 9.59 Å². The van der Waals surface area contributed by atoms with Crippen LogP contribution in [0.15, 0.2) is 47.5 Å². The molecule has 0 aliphatic carbocycles. The minimum Gasteiger partial charge on any atom is -0.497 e. The van der Waals surface area contributed by atoms with Gasteiger partial charge in [0.2, 0.25) is 0 Å². The number of esters is 1. The molecule has 3 rings (SSSR count). The van der Waals surface area contributed by atoms with E-state index >= 15 is 0 Å². The fraction of sp³-hybridized carbons (Fsp3) is 0.250. The SMILES string of the molecule is CCOC(=O)c1ccc2c(c1)sc(=NC(=O)Cc1cccc(OC)c1)n2C. The average molecular weight is 384 g/mol. The Morgan fingerprint density at radius 2 is 2.00 bits per heavy atom. The van der Waals surface area contributed by atoms with E-state index in [1.54, 1.807) is 26.2 Å². The van der Waals surface area contributed by atoms with Crippen molar-refractivity contribution >= 4 is 33.4 Å². The third kappa shape index (κ3) is 4.25. The number of nitrogens with zero attached hydrogens (tertiary/aromatic N) is 2. The van der Waals surface area contributed by atoms with E-state index in [0.29, 0.717) is 22.7 Å². The summed E-state index contributed by atoms with van der Waals surface area (Å²) in [4.78, 5) is 29.1. The van der Waals surface area contributed by atoms with E-state index in [1.807, 2.05) is 41.9 Å². The zero-order valence-electron chi connectivity index (χ0n) is 15.4. The summed E-state index contributed by atoms with van der Waals surface area (Å²) in [6, 6.07) is 12.7. The lowest BCUT2D eigenvalue weighted by atomic mass is 10.1. The van der Waals surface area contributed by atoms with Gasteiger partial charge in [-0.1, -0.05) is 23.5 Å². The molecule has 0 fully saturated rings. The quantitative estimate of drug-likeness (QED) is 0.634. The number of methoxy groups -OCH3 is 1. The first-order valence-corrected chi connectivity index (χ1v) is 9.30. The summed E-state index contributed by atoms with van der Waals surface area (Å²) in [6.45, 7) is 2.10. The summed E-state index contributed by atoms with van der Waals surface area (Å²) in [6.07, 6.45) is 0.194. The number of carbonyl (C=O) groups is 2. The van der Waals surface area contributed by atoms with E-state index in [1.165, 1.54) is 11.3 Å². The lowest BCUT2D eigenvalue weighted by Gasteiger charge is -2.02. The second kappa shape index (κ2) is 8.18. The van der Waals surface area contributed by atoms with Crippen LogP contribution in [0.25, 0.3) is 10.2 Å². The highest BCUT2D eigenvalue weighted by molar-refractivity contribution is 7.16. The van der Waals surface area contributed by atoms with E-state index in [4.69, 9.17) is 9.47 Å². The number of fused-ring (bicyclic) bond motifs is 1. The standard InChI is InChI=1S/C20H20N2O4S/c1-4-26-19(24)14-8-9-16-17(12-14)27-20(22(16)2)21-18(23)11-13-6-5-7-15(10-13)25-3/h5-10,12H,4,11H2,1-3H3. The predicted octanol–water partition coefficient (Wildman–Crippen LogP) is 3.10. The number of rotatable bonds is 5. The van der Waals surface area contributed by atoms with Crippen molar-refractivity contribution in [1.82, 2.24) is 4.57 Å². The fourth-order valence-electron chi connectivity index (χ4n) is 2.69. The Labute approximate surface area is 160 Å². The molecule has 1 heterocycles. The number of aryl methyl sites for hydroxylation is 1. The first-order chi connectivity index (χ1) is 13.0. The largest absolute Gasteiger partial charge is 0.497 e. The highest BCUT2D eigenvalue weighted by Crippen LogP contribution is 2.19. The molecule has 1 aromatic heterocycles. The molecule has 0 saturated carbocycles. The number of benzene rings is 2. The lowest BCUT2D eigenvalue weighted by molar-refractivity contribution is -0.117. The van der Waals surface area contributed by atoms with E-state index in [2.05, 4.69) is 4.99 Å². The van der Waals surface area contributed by atoms with Crippen LogP contribution in [-0.2, 0) is 23.0 Å². The Hall–Kier alpha value is -2.93. The number of thiazole rings is 1. The highest BCUT2D eigenvalue weighted by atomic mass is 32.1. The second-order valence-corrected chi connectivity index (χ2v) is 6.89. The third-order valence-corrected chi connectivity index (χ3v) is 5.12. The van der Waals surface area contributed by atoms with Gasteiger partial charge in [0, 0.05) is 7.05 Å². The van der Waals surface area contributed by atoms with Gasteiger partial charge in [-0.2, -0.15) is 4.99 Å². The Morgan fingerprint density at radius 1 is 1.19 bits per heavy atom. The Bertz CT molecular complexity index is 1070. The van der Waals surface area contributed by atoms with E-state index in [-0.39, 0.29) is 18.3 Å². The summed E-state index contributed by atoms with van der Waals surface area (Å²) in [5.41, 5.74) is 2.23. The minimum atomic E-state index is -0.358. The maximum absolute atomic E-state index is 12.4. The first kappa shape index (κ1) is 18.8. The summed E-state index contributed by atoms with van der Waals surface area (Å²) in [7, 11) is 3.44. The van der Waals surface area contributed by atoms with Crippen LogP contribution in [-0.4, -0.2) is 30.2 Å². The molecule has 1 amide bonds. The molecule has 0 aliphatic rings. The van der Waals surface area contributed by atoms with Gasteiger partial charge in [0.25, 0.3) is 5.91 Å². The molecule has 0 radical (unpaired) electrons. The Morgan fingerprint density at radius 3 is 2.74 bits per heavy atom. The van der Waals surface area contributed by atoms with Gasteiger partial charge in [-0.05, 0) is 42.8 Å². The molecule has 0 N–H and O–H groups in total. The topological polar surface area (TPSA) is 69.9 Å². The molecule has 140 valence electrons. The third-order valence-electron chi connectivity index (χ3n) is 4.03. The van der Waals surface area contributed by atoms with Gasteiger partial charge < -0.3 is 14.0 Å². The van der Waals surface area contributed by atoms with Crippen molar-refractivity contribution in [3.05, 3.63) is 58.4 Å². The molecule has 2 aromatic carbocycles. The van der Waals surface area contributed by atoms with Gasteiger partial charge in [0.1, 0.15) is 5.75 Å². The maximum Gasteiger partial charge on any atom is 0.338 e. The van der Waals surface area contributed by atoms with Crippen LogP contribution < -0.4 is 9.54 Å². The van der Waals surface area contributed by atoms with Crippen molar-refractivity contribution in [1.29, 1.82) is 0 Å². The number of hydrogen-bond acceptors (Lipinski definition) is 5. The van der Waals surface area contributed by atoms with Gasteiger partial charge in [0.15, 0.2) is 4.80 Å². The van der Waals surface area contributed by atoms with Crippen molar-refractivity contribution in [3.8, 4) is 5.75 Å².